The highest BCUT2D eigenvalue weighted by Crippen LogP contribution is 2.35. The van der Waals surface area contributed by atoms with Gasteiger partial charge in [0.2, 0.25) is 0 Å². The normalized spacial score (nSPS) is 14.5. The maximum atomic E-state index is 13.3. The van der Waals surface area contributed by atoms with Crippen molar-refractivity contribution < 1.29 is 19.4 Å². The molecule has 1 fully saturated rings. The van der Waals surface area contributed by atoms with Gasteiger partial charge in [-0.2, -0.15) is 0 Å². The first-order valence-corrected chi connectivity index (χ1v) is 14.1. The number of rotatable bonds is 10. The Morgan fingerprint density at radius 3 is 2.33 bits per heavy atom. The number of carboxylic acids is 1. The number of aromatic nitrogens is 1. The zero-order valence-corrected chi connectivity index (χ0v) is 24.0. The molecule has 0 aliphatic heterocycles. The van der Waals surface area contributed by atoms with Crippen molar-refractivity contribution in [3.05, 3.63) is 65.5 Å². The Hall–Kier alpha value is -3.41. The fourth-order valence-corrected chi connectivity index (χ4v) is 5.26. The van der Waals surface area contributed by atoms with Crippen molar-refractivity contribution in [3.63, 3.8) is 0 Å². The fourth-order valence-electron chi connectivity index (χ4n) is 5.26. The number of amides is 1. The Balaban J connectivity index is 1.65. The number of carbonyl (C=O) groups is 2. The van der Waals surface area contributed by atoms with Crippen LogP contribution in [0.3, 0.4) is 0 Å². The van der Waals surface area contributed by atoms with Gasteiger partial charge in [0.05, 0.1) is 0 Å². The molecule has 0 spiro atoms. The molecule has 1 saturated carbocycles. The predicted molar refractivity (Wildman–Crippen MR) is 156 cm³/mol. The van der Waals surface area contributed by atoms with Crippen molar-refractivity contribution in [1.29, 1.82) is 0 Å². The van der Waals surface area contributed by atoms with Gasteiger partial charge in [-0.25, -0.2) is 4.98 Å². The van der Waals surface area contributed by atoms with Crippen LogP contribution in [-0.2, 0) is 16.6 Å². The van der Waals surface area contributed by atoms with Gasteiger partial charge < -0.3 is 15.2 Å². The standard InChI is InChI=1S/C33H42N2O4/c1-32(2,3)23-13-15-24(16-14-23)39-29-12-8-11-25-26(29)20-28(35-27(25)19-22-9-6-7-10-22)31(38)34-21-33(4,5)18-17-30(36)37/h8,11-16,20,22H,6-7,9-10,17-19,21H2,1-5H3,(H,34,38)(H,36,37). The number of benzene rings is 2. The first kappa shape index (κ1) is 28.6. The Labute approximate surface area is 232 Å². The number of hydrogen-bond acceptors (Lipinski definition) is 4. The van der Waals surface area contributed by atoms with E-state index in [1.807, 2.05) is 44.2 Å². The highest BCUT2D eigenvalue weighted by atomic mass is 16.5. The summed E-state index contributed by atoms with van der Waals surface area (Å²) in [6.07, 6.45) is 6.25. The maximum Gasteiger partial charge on any atom is 0.303 e. The summed E-state index contributed by atoms with van der Waals surface area (Å²) in [5.41, 5.74) is 2.25. The third-order valence-electron chi connectivity index (χ3n) is 7.79. The van der Waals surface area contributed by atoms with E-state index < -0.39 is 5.97 Å². The summed E-state index contributed by atoms with van der Waals surface area (Å²) < 4.78 is 6.37. The lowest BCUT2D eigenvalue weighted by atomic mass is 9.87. The van der Waals surface area contributed by atoms with E-state index in [1.165, 1.54) is 31.2 Å². The molecule has 0 atom stereocenters. The average Bonchev–Trinajstić information content (AvgIpc) is 3.39. The largest absolute Gasteiger partial charge is 0.481 e. The topological polar surface area (TPSA) is 88.5 Å². The molecule has 0 unspecified atom stereocenters. The zero-order valence-electron chi connectivity index (χ0n) is 24.0. The molecule has 2 aromatic carbocycles. The lowest BCUT2D eigenvalue weighted by molar-refractivity contribution is -0.137. The molecule has 39 heavy (non-hydrogen) atoms. The summed E-state index contributed by atoms with van der Waals surface area (Å²) >= 11 is 0. The Kier molecular flexibility index (Phi) is 8.63. The number of fused-ring (bicyclic) bond motifs is 1. The molecular weight excluding hydrogens is 488 g/mol. The van der Waals surface area contributed by atoms with Gasteiger partial charge >= 0.3 is 5.97 Å². The lowest BCUT2D eigenvalue weighted by Crippen LogP contribution is -2.35. The van der Waals surface area contributed by atoms with Gasteiger partial charge in [0.15, 0.2) is 0 Å². The van der Waals surface area contributed by atoms with Crippen molar-refractivity contribution in [2.45, 2.75) is 85.0 Å². The van der Waals surface area contributed by atoms with Gasteiger partial charge in [-0.05, 0) is 59.4 Å². The van der Waals surface area contributed by atoms with Crippen LogP contribution in [0.2, 0.25) is 0 Å². The van der Waals surface area contributed by atoms with Crippen molar-refractivity contribution in [2.75, 3.05) is 6.54 Å². The predicted octanol–water partition coefficient (Wildman–Crippen LogP) is 7.68. The molecule has 0 saturated heterocycles. The molecule has 1 aromatic heterocycles. The molecule has 0 bridgehead atoms. The SMILES string of the molecule is CC(C)(CCC(=O)O)CNC(=O)c1cc2c(Oc3ccc(C(C)(C)C)cc3)cccc2c(CC2CCCC2)n1. The van der Waals surface area contributed by atoms with Crippen LogP contribution in [0, 0.1) is 11.3 Å². The molecule has 2 N–H and O–H groups in total. The smallest absolute Gasteiger partial charge is 0.303 e. The Bertz CT molecular complexity index is 1320. The highest BCUT2D eigenvalue weighted by Gasteiger charge is 2.23. The number of ether oxygens (including phenoxy) is 1. The summed E-state index contributed by atoms with van der Waals surface area (Å²) in [5.74, 6) is 0.932. The first-order valence-electron chi connectivity index (χ1n) is 14.1. The fraction of sp³-hybridized carbons (Fsp3) is 0.485. The molecule has 0 radical (unpaired) electrons. The third-order valence-corrected chi connectivity index (χ3v) is 7.79. The number of nitrogens with one attached hydrogen (secondary N) is 1. The van der Waals surface area contributed by atoms with Crippen LogP contribution in [0.4, 0.5) is 0 Å². The van der Waals surface area contributed by atoms with Crippen molar-refractivity contribution in [3.8, 4) is 11.5 Å². The van der Waals surface area contributed by atoms with Gasteiger partial charge in [0.25, 0.3) is 5.91 Å². The second kappa shape index (κ2) is 11.8. The number of nitrogens with zero attached hydrogens (tertiary/aromatic N) is 1. The Morgan fingerprint density at radius 1 is 1.00 bits per heavy atom. The molecule has 208 valence electrons. The first-order chi connectivity index (χ1) is 18.4. The maximum absolute atomic E-state index is 13.3. The van der Waals surface area contributed by atoms with Crippen molar-refractivity contribution in [1.82, 2.24) is 10.3 Å². The van der Waals surface area contributed by atoms with Crippen LogP contribution in [-0.4, -0.2) is 28.5 Å². The number of pyridine rings is 1. The second-order valence-corrected chi connectivity index (χ2v) is 12.8. The highest BCUT2D eigenvalue weighted by molar-refractivity contribution is 5.99. The van der Waals surface area contributed by atoms with Crippen LogP contribution < -0.4 is 10.1 Å². The van der Waals surface area contributed by atoms with E-state index in [-0.39, 0.29) is 23.2 Å². The van der Waals surface area contributed by atoms with E-state index in [4.69, 9.17) is 14.8 Å². The minimum absolute atomic E-state index is 0.0588. The summed E-state index contributed by atoms with van der Waals surface area (Å²) in [6, 6.07) is 16.0. The van der Waals surface area contributed by atoms with E-state index in [0.717, 1.165) is 28.6 Å². The second-order valence-electron chi connectivity index (χ2n) is 12.8. The Morgan fingerprint density at radius 2 is 1.69 bits per heavy atom. The molecule has 1 aliphatic rings. The van der Waals surface area contributed by atoms with Crippen LogP contribution in [0.15, 0.2) is 48.5 Å². The van der Waals surface area contributed by atoms with Gasteiger partial charge in [-0.3, -0.25) is 9.59 Å². The van der Waals surface area contributed by atoms with E-state index in [0.29, 0.717) is 30.3 Å². The van der Waals surface area contributed by atoms with E-state index in [1.54, 1.807) is 0 Å². The zero-order chi connectivity index (χ0) is 28.2. The van der Waals surface area contributed by atoms with E-state index >= 15 is 0 Å². The van der Waals surface area contributed by atoms with Crippen molar-refractivity contribution in [2.24, 2.45) is 11.3 Å². The molecule has 6 nitrogen and oxygen atoms in total. The summed E-state index contributed by atoms with van der Waals surface area (Å²) in [7, 11) is 0. The number of carboxylic acid groups (broad SMARTS) is 1. The molecule has 6 heteroatoms. The van der Waals surface area contributed by atoms with Crippen LogP contribution in [0.25, 0.3) is 10.8 Å². The minimum atomic E-state index is -0.831. The third kappa shape index (κ3) is 7.59. The van der Waals surface area contributed by atoms with Crippen LogP contribution in [0.1, 0.15) is 94.9 Å². The molecule has 3 aromatic rings. The molecule has 1 heterocycles. The molecule has 1 amide bonds. The lowest BCUT2D eigenvalue weighted by Gasteiger charge is -2.24. The van der Waals surface area contributed by atoms with Gasteiger partial charge in [-0.15, -0.1) is 0 Å². The van der Waals surface area contributed by atoms with Crippen molar-refractivity contribution >= 4 is 22.6 Å². The molecule has 4 rings (SSSR count). The summed E-state index contributed by atoms with van der Waals surface area (Å²) in [5, 5.41) is 13.9. The van der Waals surface area contributed by atoms with E-state index in [2.05, 4.69) is 44.3 Å². The van der Waals surface area contributed by atoms with E-state index in [9.17, 15) is 9.59 Å². The minimum Gasteiger partial charge on any atom is -0.481 e. The van der Waals surface area contributed by atoms with Crippen LogP contribution >= 0.6 is 0 Å². The molecule has 1 aliphatic carbocycles. The van der Waals surface area contributed by atoms with Gasteiger partial charge in [-0.1, -0.05) is 84.6 Å². The number of carbonyl (C=O) groups excluding carboxylic acids is 1. The van der Waals surface area contributed by atoms with Gasteiger partial charge in [0.1, 0.15) is 17.2 Å². The summed E-state index contributed by atoms with van der Waals surface area (Å²) in [6.45, 7) is 10.9. The van der Waals surface area contributed by atoms with Gasteiger partial charge in [0, 0.05) is 29.4 Å². The monoisotopic (exact) mass is 530 g/mol. The molecular formula is C33H42N2O4. The number of hydrogen-bond donors (Lipinski definition) is 2. The number of aliphatic carboxylic acids is 1. The summed E-state index contributed by atoms with van der Waals surface area (Å²) in [4.78, 5) is 29.2. The quantitative estimate of drug-likeness (QED) is 0.281. The van der Waals surface area contributed by atoms with Crippen LogP contribution in [0.5, 0.6) is 11.5 Å². The average molecular weight is 531 g/mol.